The van der Waals surface area contributed by atoms with Gasteiger partial charge in [0.2, 0.25) is 0 Å². The zero-order valence-electron chi connectivity index (χ0n) is 8.27. The maximum atomic E-state index is 11.9. The van der Waals surface area contributed by atoms with Crippen molar-refractivity contribution in [3.8, 4) is 0 Å². The fourth-order valence-corrected chi connectivity index (χ4v) is 0.968. The van der Waals surface area contributed by atoms with Crippen molar-refractivity contribution >= 4 is 5.91 Å². The van der Waals surface area contributed by atoms with E-state index in [2.05, 4.69) is 0 Å². The number of halogens is 3. The minimum atomic E-state index is -4.77. The topological polar surface area (TPSA) is 46.3 Å². The van der Waals surface area contributed by atoms with E-state index in [0.717, 1.165) is 7.05 Å². The summed E-state index contributed by atoms with van der Waals surface area (Å²) in [5.74, 6) is -1.80. The first-order valence-electron chi connectivity index (χ1n) is 4.33. The number of alkyl halides is 3. The summed E-state index contributed by atoms with van der Waals surface area (Å²) in [4.78, 5) is 11.3. The smallest absolute Gasteiger partial charge is 0.338 e. The van der Waals surface area contributed by atoms with Gasteiger partial charge in [-0.2, -0.15) is 13.2 Å². The molecule has 0 unspecified atom stereocenters. The summed E-state index contributed by atoms with van der Waals surface area (Å²) in [5.41, 5.74) is 5.41. The van der Waals surface area contributed by atoms with Gasteiger partial charge in [-0.3, -0.25) is 4.79 Å². The van der Waals surface area contributed by atoms with Crippen molar-refractivity contribution in [2.24, 2.45) is 5.73 Å². The van der Waals surface area contributed by atoms with Crippen LogP contribution in [0.25, 0.3) is 0 Å². The van der Waals surface area contributed by atoms with E-state index in [1.54, 1.807) is 6.92 Å². The highest BCUT2D eigenvalue weighted by atomic mass is 19.4. The molecule has 0 aromatic carbocycles. The average Bonchev–Trinajstić information content (AvgIpc) is 2.00. The van der Waals surface area contributed by atoms with E-state index < -0.39 is 12.1 Å². The van der Waals surface area contributed by atoms with Gasteiger partial charge < -0.3 is 10.6 Å². The first-order valence-corrected chi connectivity index (χ1v) is 4.33. The molecule has 3 nitrogen and oxygen atoms in total. The predicted octanol–water partition coefficient (Wildman–Crippen LogP) is 1.13. The fraction of sp³-hybridized carbons (Fsp3) is 0.875. The van der Waals surface area contributed by atoms with Gasteiger partial charge in [-0.25, -0.2) is 0 Å². The van der Waals surface area contributed by atoms with E-state index in [1.165, 1.54) is 0 Å². The molecular weight excluding hydrogens is 197 g/mol. The van der Waals surface area contributed by atoms with Crippen LogP contribution in [0.15, 0.2) is 0 Å². The number of carbonyl (C=O) groups is 1. The number of rotatable bonds is 4. The Morgan fingerprint density at radius 2 is 2.00 bits per heavy atom. The lowest BCUT2D eigenvalue weighted by molar-refractivity contribution is -0.184. The van der Waals surface area contributed by atoms with Crippen molar-refractivity contribution in [1.82, 2.24) is 4.90 Å². The van der Waals surface area contributed by atoms with Crippen molar-refractivity contribution < 1.29 is 18.0 Å². The highest BCUT2D eigenvalue weighted by molar-refractivity contribution is 5.81. The molecule has 0 aliphatic heterocycles. The lowest BCUT2D eigenvalue weighted by atomic mass is 10.2. The molecule has 6 heteroatoms. The Kier molecular flexibility index (Phi) is 4.90. The summed E-state index contributed by atoms with van der Waals surface area (Å²) in [5, 5.41) is 0. The Morgan fingerprint density at radius 1 is 1.50 bits per heavy atom. The van der Waals surface area contributed by atoms with E-state index in [0.29, 0.717) is 17.7 Å². The van der Waals surface area contributed by atoms with Crippen molar-refractivity contribution in [3.05, 3.63) is 0 Å². The molecule has 0 heterocycles. The number of amides is 1. The maximum absolute atomic E-state index is 11.9. The second-order valence-electron chi connectivity index (χ2n) is 3.34. The van der Waals surface area contributed by atoms with E-state index in [4.69, 9.17) is 5.73 Å². The largest absolute Gasteiger partial charge is 0.471 e. The third kappa shape index (κ3) is 5.06. The molecule has 0 fully saturated rings. The van der Waals surface area contributed by atoms with E-state index in [1.807, 2.05) is 0 Å². The maximum Gasteiger partial charge on any atom is 0.471 e. The van der Waals surface area contributed by atoms with Gasteiger partial charge in [-0.05, 0) is 19.8 Å². The van der Waals surface area contributed by atoms with Crippen molar-refractivity contribution in [2.45, 2.75) is 32.0 Å². The quantitative estimate of drug-likeness (QED) is 0.759. The molecule has 84 valence electrons. The molecule has 0 aromatic rings. The summed E-state index contributed by atoms with van der Waals surface area (Å²) in [6.45, 7) is 1.85. The van der Waals surface area contributed by atoms with Crippen LogP contribution in [-0.2, 0) is 4.79 Å². The molecule has 1 atom stereocenters. The molecule has 0 aliphatic carbocycles. The van der Waals surface area contributed by atoms with Crippen LogP contribution in [0.4, 0.5) is 13.2 Å². The summed E-state index contributed by atoms with van der Waals surface area (Å²) >= 11 is 0. The lowest BCUT2D eigenvalue weighted by Gasteiger charge is -2.18. The predicted molar refractivity (Wildman–Crippen MR) is 46.6 cm³/mol. The molecule has 1 amide bonds. The average molecular weight is 212 g/mol. The normalized spacial score (nSPS) is 13.9. The van der Waals surface area contributed by atoms with E-state index in [9.17, 15) is 18.0 Å². The third-order valence-corrected chi connectivity index (χ3v) is 1.74. The zero-order valence-corrected chi connectivity index (χ0v) is 8.27. The van der Waals surface area contributed by atoms with E-state index in [-0.39, 0.29) is 12.6 Å². The summed E-state index contributed by atoms with van der Waals surface area (Å²) in [6, 6.07) is -0.0515. The van der Waals surface area contributed by atoms with Crippen LogP contribution in [0.2, 0.25) is 0 Å². The van der Waals surface area contributed by atoms with Gasteiger partial charge in [0, 0.05) is 19.6 Å². The molecule has 14 heavy (non-hydrogen) atoms. The van der Waals surface area contributed by atoms with Gasteiger partial charge in [0.1, 0.15) is 0 Å². The van der Waals surface area contributed by atoms with Crippen molar-refractivity contribution in [3.63, 3.8) is 0 Å². The highest BCUT2D eigenvalue weighted by Crippen LogP contribution is 2.17. The first kappa shape index (κ1) is 13.2. The van der Waals surface area contributed by atoms with Crippen LogP contribution in [0.1, 0.15) is 19.8 Å². The molecule has 0 spiro atoms. The van der Waals surface area contributed by atoms with Crippen molar-refractivity contribution in [2.75, 3.05) is 13.6 Å². The summed E-state index contributed by atoms with van der Waals surface area (Å²) < 4.78 is 35.6. The number of hydrogen-bond donors (Lipinski definition) is 1. The molecule has 0 bridgehead atoms. The van der Waals surface area contributed by atoms with E-state index >= 15 is 0 Å². The molecule has 0 rings (SSSR count). The fourth-order valence-electron chi connectivity index (χ4n) is 0.968. The molecule has 0 radical (unpaired) electrons. The minimum absolute atomic E-state index is 0.0515. The number of nitrogens with zero attached hydrogens (tertiary/aromatic N) is 1. The number of nitrogens with two attached hydrogens (primary N) is 1. The molecular formula is C8H15F3N2O. The Labute approximate surface area is 81.1 Å². The summed E-state index contributed by atoms with van der Waals surface area (Å²) in [6.07, 6.45) is -3.69. The molecule has 0 saturated carbocycles. The number of carbonyl (C=O) groups excluding carboxylic acids is 1. The van der Waals surface area contributed by atoms with Gasteiger partial charge in [-0.1, -0.05) is 0 Å². The Balaban J connectivity index is 3.86. The molecule has 0 aromatic heterocycles. The van der Waals surface area contributed by atoms with Crippen LogP contribution in [0.5, 0.6) is 0 Å². The van der Waals surface area contributed by atoms with Gasteiger partial charge in [0.15, 0.2) is 0 Å². The molecule has 2 N–H and O–H groups in total. The zero-order chi connectivity index (χ0) is 11.4. The van der Waals surface area contributed by atoms with Crippen molar-refractivity contribution in [1.29, 1.82) is 0 Å². The Morgan fingerprint density at radius 3 is 2.36 bits per heavy atom. The minimum Gasteiger partial charge on any atom is -0.338 e. The van der Waals surface area contributed by atoms with Crippen LogP contribution in [0.3, 0.4) is 0 Å². The second-order valence-corrected chi connectivity index (χ2v) is 3.34. The van der Waals surface area contributed by atoms with Gasteiger partial charge in [0.25, 0.3) is 0 Å². The van der Waals surface area contributed by atoms with Gasteiger partial charge in [-0.15, -0.1) is 0 Å². The number of hydrogen-bond acceptors (Lipinski definition) is 2. The second kappa shape index (κ2) is 5.19. The third-order valence-electron chi connectivity index (χ3n) is 1.74. The first-order chi connectivity index (χ1) is 6.25. The van der Waals surface area contributed by atoms with Crippen LogP contribution in [-0.4, -0.2) is 36.6 Å². The molecule has 0 aliphatic rings. The van der Waals surface area contributed by atoms with Crippen LogP contribution >= 0.6 is 0 Å². The monoisotopic (exact) mass is 212 g/mol. The van der Waals surface area contributed by atoms with Gasteiger partial charge >= 0.3 is 12.1 Å². The highest BCUT2D eigenvalue weighted by Gasteiger charge is 2.40. The van der Waals surface area contributed by atoms with Crippen LogP contribution < -0.4 is 5.73 Å². The van der Waals surface area contributed by atoms with Gasteiger partial charge in [0.05, 0.1) is 0 Å². The Hall–Kier alpha value is -0.780. The standard InChI is InChI=1S/C8H15F3N2O/c1-6(12)4-3-5-13(2)7(14)8(9,10)11/h6H,3-5,12H2,1-2H3/t6-/m1/s1. The summed E-state index contributed by atoms with van der Waals surface area (Å²) in [7, 11) is 1.14. The SMILES string of the molecule is C[C@@H](N)CCCN(C)C(=O)C(F)(F)F. The molecule has 0 saturated heterocycles. The lowest BCUT2D eigenvalue weighted by Crippen LogP contribution is -2.39. The Bertz CT molecular complexity index is 192. The van der Waals surface area contributed by atoms with Crippen LogP contribution in [0, 0.1) is 0 Å².